The predicted octanol–water partition coefficient (Wildman–Crippen LogP) is 2.93. The van der Waals surface area contributed by atoms with Gasteiger partial charge in [0.25, 0.3) is 0 Å². The van der Waals surface area contributed by atoms with Gasteiger partial charge in [-0.25, -0.2) is 0 Å². The highest BCUT2D eigenvalue weighted by Crippen LogP contribution is 2.26. The van der Waals surface area contributed by atoms with Gasteiger partial charge in [0.05, 0.1) is 0 Å². The minimum Gasteiger partial charge on any atom is -0.354 e. The number of hydrogen-bond donors (Lipinski definition) is 1. The van der Waals surface area contributed by atoms with E-state index in [4.69, 9.17) is 0 Å². The molecule has 3 rings (SSSR count). The third kappa shape index (κ3) is 3.82. The molecule has 0 radical (unpaired) electrons. The highest BCUT2D eigenvalue weighted by molar-refractivity contribution is 6.03. The molecule has 124 valence electrons. The van der Waals surface area contributed by atoms with Crippen LogP contribution in [0.15, 0.2) is 60.7 Å². The fourth-order valence-electron chi connectivity index (χ4n) is 3.11. The van der Waals surface area contributed by atoms with E-state index in [1.165, 1.54) is 5.56 Å². The monoisotopic (exact) mass is 322 g/mol. The van der Waals surface area contributed by atoms with E-state index >= 15 is 0 Å². The Kier molecular flexibility index (Phi) is 5.26. The van der Waals surface area contributed by atoms with Crippen molar-refractivity contribution in [2.45, 2.75) is 31.7 Å². The summed E-state index contributed by atoms with van der Waals surface area (Å²) in [7, 11) is 0. The van der Waals surface area contributed by atoms with E-state index in [2.05, 4.69) is 17.4 Å². The highest BCUT2D eigenvalue weighted by atomic mass is 16.2. The fourth-order valence-corrected chi connectivity index (χ4v) is 3.11. The largest absolute Gasteiger partial charge is 0.354 e. The quantitative estimate of drug-likeness (QED) is 0.831. The Morgan fingerprint density at radius 1 is 1.04 bits per heavy atom. The van der Waals surface area contributed by atoms with Crippen molar-refractivity contribution >= 4 is 17.5 Å². The molecule has 0 bridgehead atoms. The zero-order valence-corrected chi connectivity index (χ0v) is 13.7. The number of hydrogen-bond acceptors (Lipinski definition) is 2. The number of carbonyl (C=O) groups is 2. The van der Waals surface area contributed by atoms with Crippen molar-refractivity contribution in [3.05, 3.63) is 66.2 Å². The maximum atomic E-state index is 12.5. The summed E-state index contributed by atoms with van der Waals surface area (Å²) in [4.78, 5) is 26.3. The summed E-state index contributed by atoms with van der Waals surface area (Å²) in [6.45, 7) is 0.626. The first-order chi connectivity index (χ1) is 11.8. The number of para-hydroxylation sites is 1. The van der Waals surface area contributed by atoms with Gasteiger partial charge in [0.1, 0.15) is 6.04 Å². The molecule has 0 spiro atoms. The van der Waals surface area contributed by atoms with Crippen LogP contribution in [-0.4, -0.2) is 24.4 Å². The second-order valence-corrected chi connectivity index (χ2v) is 6.03. The molecular weight excluding hydrogens is 300 g/mol. The molecule has 1 aliphatic heterocycles. The average Bonchev–Trinajstić information content (AvgIpc) is 3.02. The summed E-state index contributed by atoms with van der Waals surface area (Å²) in [5.74, 6) is -0.0385. The lowest BCUT2D eigenvalue weighted by Crippen LogP contribution is -2.45. The van der Waals surface area contributed by atoms with Gasteiger partial charge in [0.2, 0.25) is 11.8 Å². The summed E-state index contributed by atoms with van der Waals surface area (Å²) in [6, 6.07) is 19.3. The maximum absolute atomic E-state index is 12.5. The summed E-state index contributed by atoms with van der Waals surface area (Å²) >= 11 is 0. The van der Waals surface area contributed by atoms with Crippen LogP contribution in [0.5, 0.6) is 0 Å². The molecule has 1 heterocycles. The smallest absolute Gasteiger partial charge is 0.243 e. The molecule has 2 aromatic rings. The van der Waals surface area contributed by atoms with Gasteiger partial charge in [0, 0.05) is 18.7 Å². The molecule has 1 fully saturated rings. The van der Waals surface area contributed by atoms with E-state index in [0.717, 1.165) is 18.5 Å². The Labute approximate surface area is 142 Å². The van der Waals surface area contributed by atoms with E-state index in [-0.39, 0.29) is 11.8 Å². The van der Waals surface area contributed by atoms with Crippen molar-refractivity contribution in [1.29, 1.82) is 0 Å². The SMILES string of the molecule is O=C(NCCCc1ccccc1)C1CCC(=O)N1c1ccccc1. The van der Waals surface area contributed by atoms with Gasteiger partial charge in [-0.3, -0.25) is 14.5 Å². The van der Waals surface area contributed by atoms with Gasteiger partial charge >= 0.3 is 0 Å². The van der Waals surface area contributed by atoms with Crippen LogP contribution in [0, 0.1) is 0 Å². The molecular formula is C20H22N2O2. The molecule has 1 saturated heterocycles. The van der Waals surface area contributed by atoms with E-state index in [1.54, 1.807) is 4.90 Å². The number of benzene rings is 2. The van der Waals surface area contributed by atoms with Gasteiger partial charge in [0.15, 0.2) is 0 Å². The molecule has 24 heavy (non-hydrogen) atoms. The number of aryl methyl sites for hydroxylation is 1. The van der Waals surface area contributed by atoms with Gasteiger partial charge in [-0.05, 0) is 37.0 Å². The van der Waals surface area contributed by atoms with E-state index in [1.807, 2.05) is 48.5 Å². The summed E-state index contributed by atoms with van der Waals surface area (Å²) in [6.07, 6.45) is 2.84. The van der Waals surface area contributed by atoms with Crippen LogP contribution >= 0.6 is 0 Å². The van der Waals surface area contributed by atoms with Crippen molar-refractivity contribution in [3.8, 4) is 0 Å². The first kappa shape index (κ1) is 16.2. The predicted molar refractivity (Wildman–Crippen MR) is 94.7 cm³/mol. The van der Waals surface area contributed by atoms with Crippen molar-refractivity contribution in [2.24, 2.45) is 0 Å². The van der Waals surface area contributed by atoms with Crippen LogP contribution in [0.2, 0.25) is 0 Å². The topological polar surface area (TPSA) is 49.4 Å². The molecule has 4 nitrogen and oxygen atoms in total. The Balaban J connectivity index is 1.53. The molecule has 4 heteroatoms. The Morgan fingerprint density at radius 2 is 1.71 bits per heavy atom. The first-order valence-electron chi connectivity index (χ1n) is 8.44. The zero-order valence-electron chi connectivity index (χ0n) is 13.7. The maximum Gasteiger partial charge on any atom is 0.243 e. The molecule has 2 aromatic carbocycles. The molecule has 2 amide bonds. The zero-order chi connectivity index (χ0) is 16.8. The van der Waals surface area contributed by atoms with Crippen LogP contribution in [0.1, 0.15) is 24.8 Å². The minimum atomic E-state index is -0.392. The molecule has 0 saturated carbocycles. The Hall–Kier alpha value is -2.62. The van der Waals surface area contributed by atoms with Gasteiger partial charge < -0.3 is 5.32 Å². The Bertz CT molecular complexity index is 685. The second kappa shape index (κ2) is 7.77. The number of amides is 2. The average molecular weight is 322 g/mol. The molecule has 1 unspecified atom stereocenters. The third-order valence-corrected chi connectivity index (χ3v) is 4.33. The van der Waals surface area contributed by atoms with Crippen molar-refractivity contribution in [3.63, 3.8) is 0 Å². The van der Waals surface area contributed by atoms with Crippen LogP contribution < -0.4 is 10.2 Å². The number of nitrogens with zero attached hydrogens (tertiary/aromatic N) is 1. The molecule has 1 N–H and O–H groups in total. The molecule has 0 aromatic heterocycles. The first-order valence-corrected chi connectivity index (χ1v) is 8.44. The van der Waals surface area contributed by atoms with E-state index < -0.39 is 6.04 Å². The van der Waals surface area contributed by atoms with E-state index in [0.29, 0.717) is 19.4 Å². The summed E-state index contributed by atoms with van der Waals surface area (Å²) in [5.41, 5.74) is 2.07. The second-order valence-electron chi connectivity index (χ2n) is 6.03. The Morgan fingerprint density at radius 3 is 2.42 bits per heavy atom. The lowest BCUT2D eigenvalue weighted by Gasteiger charge is -2.24. The third-order valence-electron chi connectivity index (χ3n) is 4.33. The van der Waals surface area contributed by atoms with Crippen LogP contribution in [-0.2, 0) is 16.0 Å². The summed E-state index contributed by atoms with van der Waals surface area (Å²) in [5, 5.41) is 2.98. The minimum absolute atomic E-state index is 0.0191. The molecule has 1 atom stereocenters. The van der Waals surface area contributed by atoms with Crippen molar-refractivity contribution in [2.75, 3.05) is 11.4 Å². The number of nitrogens with one attached hydrogen (secondary N) is 1. The van der Waals surface area contributed by atoms with Crippen LogP contribution in [0.4, 0.5) is 5.69 Å². The normalized spacial score (nSPS) is 17.1. The summed E-state index contributed by atoms with van der Waals surface area (Å²) < 4.78 is 0. The van der Waals surface area contributed by atoms with Crippen molar-refractivity contribution in [1.82, 2.24) is 5.32 Å². The van der Waals surface area contributed by atoms with Gasteiger partial charge in [-0.2, -0.15) is 0 Å². The lowest BCUT2D eigenvalue weighted by molar-refractivity contribution is -0.123. The van der Waals surface area contributed by atoms with Gasteiger partial charge in [-0.1, -0.05) is 48.5 Å². The highest BCUT2D eigenvalue weighted by Gasteiger charge is 2.36. The number of rotatable bonds is 6. The van der Waals surface area contributed by atoms with Crippen molar-refractivity contribution < 1.29 is 9.59 Å². The van der Waals surface area contributed by atoms with Gasteiger partial charge in [-0.15, -0.1) is 0 Å². The van der Waals surface area contributed by atoms with Crippen LogP contribution in [0.25, 0.3) is 0 Å². The standard InChI is InChI=1S/C20H22N2O2/c23-19-14-13-18(22(19)17-11-5-2-6-12-17)20(24)21-15-7-10-16-8-3-1-4-9-16/h1-6,8-9,11-12,18H,7,10,13-15H2,(H,21,24). The molecule has 1 aliphatic rings. The number of carbonyl (C=O) groups excluding carboxylic acids is 2. The van der Waals surface area contributed by atoms with Crippen LogP contribution in [0.3, 0.4) is 0 Å². The van der Waals surface area contributed by atoms with E-state index in [9.17, 15) is 9.59 Å². The number of anilines is 1. The fraction of sp³-hybridized carbons (Fsp3) is 0.300. The lowest BCUT2D eigenvalue weighted by atomic mass is 10.1. The molecule has 0 aliphatic carbocycles.